The number of benzene rings is 1. The molecule has 1 heterocycles. The Morgan fingerprint density at radius 2 is 2.12 bits per heavy atom. The Kier molecular flexibility index (Phi) is 3.54. The molecule has 0 bridgehead atoms. The smallest absolute Gasteiger partial charge is 0.239 e. The second-order valence-corrected chi connectivity index (χ2v) is 4.26. The molecule has 1 aromatic heterocycles. The van der Waals surface area contributed by atoms with E-state index in [0.717, 1.165) is 16.3 Å². The molecule has 3 nitrogen and oxygen atoms in total. The van der Waals surface area contributed by atoms with E-state index in [4.69, 9.17) is 11.6 Å². The molecule has 0 radical (unpaired) electrons. The topological polar surface area (TPSA) is 42.0 Å². The summed E-state index contributed by atoms with van der Waals surface area (Å²) in [7, 11) is 0. The van der Waals surface area contributed by atoms with Gasteiger partial charge in [-0.3, -0.25) is 4.79 Å². The molecule has 1 N–H and O–H groups in total. The first-order chi connectivity index (χ1) is 7.79. The van der Waals surface area contributed by atoms with Crippen LogP contribution >= 0.6 is 22.9 Å². The summed E-state index contributed by atoms with van der Waals surface area (Å²) in [6.07, 6.45) is 1.77. The summed E-state index contributed by atoms with van der Waals surface area (Å²) in [6.45, 7) is 0. The summed E-state index contributed by atoms with van der Waals surface area (Å²) >= 11 is 6.97. The highest BCUT2D eigenvalue weighted by atomic mass is 35.5. The van der Waals surface area contributed by atoms with Crippen LogP contribution in [0.3, 0.4) is 0 Å². The molecular weight excluding hydrogens is 244 g/mol. The highest BCUT2D eigenvalue weighted by molar-refractivity contribution is 7.13. The Bertz CT molecular complexity index is 467. The normalized spacial score (nSPS) is 10.1. The van der Waals surface area contributed by atoms with Crippen molar-refractivity contribution in [2.45, 2.75) is 0 Å². The molecule has 0 unspecified atom stereocenters. The van der Waals surface area contributed by atoms with E-state index in [9.17, 15) is 4.79 Å². The van der Waals surface area contributed by atoms with Crippen molar-refractivity contribution in [1.82, 2.24) is 4.98 Å². The standard InChI is InChI=1S/C11H9ClN2OS/c12-7-10(15)14-9-3-1-8(2-4-9)11-13-5-6-16-11/h1-6H,7H2,(H,14,15). The summed E-state index contributed by atoms with van der Waals surface area (Å²) in [6, 6.07) is 7.51. The lowest BCUT2D eigenvalue weighted by atomic mass is 10.2. The van der Waals surface area contributed by atoms with Gasteiger partial charge >= 0.3 is 0 Å². The molecule has 0 spiro atoms. The maximum absolute atomic E-state index is 11.0. The molecule has 0 atom stereocenters. The van der Waals surface area contributed by atoms with Crippen molar-refractivity contribution in [3.05, 3.63) is 35.8 Å². The van der Waals surface area contributed by atoms with Crippen molar-refractivity contribution in [2.75, 3.05) is 11.2 Å². The van der Waals surface area contributed by atoms with Crippen LogP contribution in [0.25, 0.3) is 10.6 Å². The lowest BCUT2D eigenvalue weighted by Gasteiger charge is -2.03. The third kappa shape index (κ3) is 2.59. The first-order valence-electron chi connectivity index (χ1n) is 4.65. The maximum atomic E-state index is 11.0. The average Bonchev–Trinajstić information content (AvgIpc) is 2.83. The van der Waals surface area contributed by atoms with Crippen LogP contribution in [0, 0.1) is 0 Å². The number of carbonyl (C=O) groups excluding carboxylic acids is 1. The second kappa shape index (κ2) is 5.09. The largest absolute Gasteiger partial charge is 0.325 e. The number of carbonyl (C=O) groups is 1. The van der Waals surface area contributed by atoms with Crippen LogP contribution in [0.4, 0.5) is 5.69 Å². The van der Waals surface area contributed by atoms with Crippen LogP contribution in [-0.2, 0) is 4.79 Å². The Hall–Kier alpha value is -1.39. The van der Waals surface area contributed by atoms with Crippen molar-refractivity contribution in [2.24, 2.45) is 0 Å². The molecule has 0 aliphatic carbocycles. The van der Waals surface area contributed by atoms with Crippen molar-refractivity contribution >= 4 is 34.5 Å². The van der Waals surface area contributed by atoms with E-state index in [1.807, 2.05) is 29.6 Å². The highest BCUT2D eigenvalue weighted by Crippen LogP contribution is 2.23. The van der Waals surface area contributed by atoms with E-state index in [0.29, 0.717) is 0 Å². The molecule has 0 saturated heterocycles. The number of nitrogens with zero attached hydrogens (tertiary/aromatic N) is 1. The first-order valence-corrected chi connectivity index (χ1v) is 6.07. The van der Waals surface area contributed by atoms with Gasteiger partial charge in [-0.2, -0.15) is 0 Å². The lowest BCUT2D eigenvalue weighted by molar-refractivity contribution is -0.113. The second-order valence-electron chi connectivity index (χ2n) is 3.10. The van der Waals surface area contributed by atoms with E-state index in [1.54, 1.807) is 17.5 Å². The molecule has 0 fully saturated rings. The number of rotatable bonds is 3. The number of alkyl halides is 1. The number of nitrogens with one attached hydrogen (secondary N) is 1. The first kappa shape index (κ1) is 11.1. The summed E-state index contributed by atoms with van der Waals surface area (Å²) < 4.78 is 0. The summed E-state index contributed by atoms with van der Waals surface area (Å²) in [5.74, 6) is -0.238. The zero-order valence-electron chi connectivity index (χ0n) is 8.31. The predicted molar refractivity (Wildman–Crippen MR) is 66.9 cm³/mol. The highest BCUT2D eigenvalue weighted by Gasteiger charge is 2.02. The van der Waals surface area contributed by atoms with Gasteiger partial charge in [0.25, 0.3) is 0 Å². The summed E-state index contributed by atoms with van der Waals surface area (Å²) in [5.41, 5.74) is 1.78. The van der Waals surface area contributed by atoms with Crippen LogP contribution in [0.15, 0.2) is 35.8 Å². The SMILES string of the molecule is O=C(CCl)Nc1ccc(-c2nccs2)cc1. The third-order valence-electron chi connectivity index (χ3n) is 1.97. The van der Waals surface area contributed by atoms with E-state index in [2.05, 4.69) is 10.3 Å². The van der Waals surface area contributed by atoms with Crippen LogP contribution in [0.1, 0.15) is 0 Å². The van der Waals surface area contributed by atoms with Gasteiger partial charge in [-0.1, -0.05) is 0 Å². The van der Waals surface area contributed by atoms with E-state index in [1.165, 1.54) is 0 Å². The van der Waals surface area contributed by atoms with Gasteiger partial charge in [0.15, 0.2) is 0 Å². The fourth-order valence-electron chi connectivity index (χ4n) is 1.26. The molecule has 2 aromatic rings. The van der Waals surface area contributed by atoms with Gasteiger partial charge in [0.05, 0.1) is 0 Å². The van der Waals surface area contributed by atoms with Gasteiger partial charge in [-0.25, -0.2) is 4.98 Å². The Morgan fingerprint density at radius 3 is 2.69 bits per heavy atom. The average molecular weight is 253 g/mol. The molecule has 16 heavy (non-hydrogen) atoms. The summed E-state index contributed by atoms with van der Waals surface area (Å²) in [5, 5.41) is 5.57. The van der Waals surface area contributed by atoms with Gasteiger partial charge in [0.1, 0.15) is 10.9 Å². The van der Waals surface area contributed by atoms with Crippen LogP contribution < -0.4 is 5.32 Å². The molecule has 0 aliphatic heterocycles. The van der Waals surface area contributed by atoms with Gasteiger partial charge in [0.2, 0.25) is 5.91 Å². The van der Waals surface area contributed by atoms with E-state index in [-0.39, 0.29) is 11.8 Å². The van der Waals surface area contributed by atoms with Crippen molar-refractivity contribution in [1.29, 1.82) is 0 Å². The van der Waals surface area contributed by atoms with Crippen LogP contribution in [-0.4, -0.2) is 16.8 Å². The third-order valence-corrected chi connectivity index (χ3v) is 3.03. The summed E-state index contributed by atoms with van der Waals surface area (Å²) in [4.78, 5) is 15.2. The molecule has 5 heteroatoms. The maximum Gasteiger partial charge on any atom is 0.239 e. The van der Waals surface area contributed by atoms with E-state index >= 15 is 0 Å². The Labute approximate surface area is 102 Å². The molecule has 0 saturated carbocycles. The Morgan fingerprint density at radius 1 is 1.38 bits per heavy atom. The number of aromatic nitrogens is 1. The quantitative estimate of drug-likeness (QED) is 0.854. The fraction of sp³-hybridized carbons (Fsp3) is 0.0909. The fourth-order valence-corrected chi connectivity index (χ4v) is 1.97. The molecular formula is C11H9ClN2OS. The number of amides is 1. The molecule has 1 amide bonds. The van der Waals surface area contributed by atoms with E-state index < -0.39 is 0 Å². The minimum atomic E-state index is -0.205. The number of hydrogen-bond donors (Lipinski definition) is 1. The number of halogens is 1. The number of thiazole rings is 1. The van der Waals surface area contributed by atoms with Gasteiger partial charge in [-0.05, 0) is 24.3 Å². The molecule has 1 aromatic carbocycles. The lowest BCUT2D eigenvalue weighted by Crippen LogP contribution is -2.12. The van der Waals surface area contributed by atoms with Gasteiger partial charge < -0.3 is 5.32 Å². The molecule has 2 rings (SSSR count). The molecule has 0 aliphatic rings. The van der Waals surface area contributed by atoms with Crippen molar-refractivity contribution < 1.29 is 4.79 Å². The van der Waals surface area contributed by atoms with Crippen LogP contribution in [0.2, 0.25) is 0 Å². The predicted octanol–water partition coefficient (Wildman–Crippen LogP) is 2.99. The van der Waals surface area contributed by atoms with Crippen molar-refractivity contribution in [3.8, 4) is 10.6 Å². The molecule has 82 valence electrons. The number of anilines is 1. The minimum Gasteiger partial charge on any atom is -0.325 e. The van der Waals surface area contributed by atoms with Gasteiger partial charge in [0, 0.05) is 22.8 Å². The zero-order chi connectivity index (χ0) is 11.4. The zero-order valence-corrected chi connectivity index (χ0v) is 9.89. The number of hydrogen-bond acceptors (Lipinski definition) is 3. The minimum absolute atomic E-state index is 0.0335. The van der Waals surface area contributed by atoms with Crippen molar-refractivity contribution in [3.63, 3.8) is 0 Å². The Balaban J connectivity index is 2.14. The van der Waals surface area contributed by atoms with Crippen LogP contribution in [0.5, 0.6) is 0 Å². The van der Waals surface area contributed by atoms with Gasteiger partial charge in [-0.15, -0.1) is 22.9 Å². The monoisotopic (exact) mass is 252 g/mol.